The highest BCUT2D eigenvalue weighted by molar-refractivity contribution is 14.1. The van der Waals surface area contributed by atoms with E-state index in [1.165, 1.54) is 0 Å². The van der Waals surface area contributed by atoms with Crippen LogP contribution in [0.3, 0.4) is 0 Å². The predicted molar refractivity (Wildman–Crippen MR) is 95.4 cm³/mol. The van der Waals surface area contributed by atoms with Crippen LogP contribution in [0, 0.1) is 9.49 Å². The molecule has 0 fully saturated rings. The van der Waals surface area contributed by atoms with Crippen LogP contribution in [0.2, 0.25) is 0 Å². The first-order valence-corrected chi connectivity index (χ1v) is 8.01. The minimum Gasteiger partial charge on any atom is -0.267 e. The summed E-state index contributed by atoms with van der Waals surface area (Å²) in [5.41, 5.74) is 6.56. The van der Waals surface area contributed by atoms with Crippen molar-refractivity contribution in [2.75, 3.05) is 0 Å². The zero-order valence-corrected chi connectivity index (χ0v) is 14.5. The van der Waals surface area contributed by atoms with E-state index in [0.29, 0.717) is 11.5 Å². The Kier molecular flexibility index (Phi) is 5.33. The highest BCUT2D eigenvalue weighted by Gasteiger charge is 2.19. The van der Waals surface area contributed by atoms with Gasteiger partial charge in [0.2, 0.25) is 0 Å². The summed E-state index contributed by atoms with van der Waals surface area (Å²) in [6.07, 6.45) is 4.01. The number of benzene rings is 1. The first-order valence-electron chi connectivity index (χ1n) is 6.93. The normalized spacial score (nSPS) is 20.0. The molecule has 0 bridgehead atoms. The quantitative estimate of drug-likeness (QED) is 0.463. The van der Waals surface area contributed by atoms with Crippen molar-refractivity contribution in [1.29, 1.82) is 0 Å². The second-order valence-electron chi connectivity index (χ2n) is 5.35. The Balaban J connectivity index is 2.12. The number of halogens is 1. The Morgan fingerprint density at radius 3 is 2.81 bits per heavy atom. The maximum Gasteiger partial charge on any atom is 0.272 e. The number of nitrogens with one attached hydrogen (secondary N) is 1. The molecule has 3 nitrogen and oxygen atoms in total. The monoisotopic (exact) mass is 394 g/mol. The molecule has 1 aliphatic rings. The average molecular weight is 394 g/mol. The van der Waals surface area contributed by atoms with E-state index in [4.69, 9.17) is 0 Å². The van der Waals surface area contributed by atoms with Crippen molar-refractivity contribution in [3.8, 4) is 0 Å². The molecular formula is C17H19IN2O. The van der Waals surface area contributed by atoms with Gasteiger partial charge in [-0.3, -0.25) is 4.79 Å². The van der Waals surface area contributed by atoms with E-state index in [1.807, 2.05) is 32.0 Å². The second kappa shape index (κ2) is 7.02. The van der Waals surface area contributed by atoms with Gasteiger partial charge in [-0.1, -0.05) is 30.4 Å². The molecule has 0 aromatic heterocycles. The number of allylic oxidation sites excluding steroid dienone is 3. The van der Waals surface area contributed by atoms with E-state index in [1.54, 1.807) is 6.07 Å². The Hall–Kier alpha value is -1.43. The molecule has 1 atom stereocenters. The molecule has 0 spiro atoms. The lowest BCUT2D eigenvalue weighted by Gasteiger charge is -2.22. The number of hydrogen-bond acceptors (Lipinski definition) is 2. The summed E-state index contributed by atoms with van der Waals surface area (Å²) in [5, 5.41) is 4.32. The van der Waals surface area contributed by atoms with Gasteiger partial charge in [-0.05, 0) is 72.9 Å². The number of amides is 1. The van der Waals surface area contributed by atoms with Gasteiger partial charge in [0.15, 0.2) is 0 Å². The molecule has 0 saturated heterocycles. The third kappa shape index (κ3) is 4.03. The van der Waals surface area contributed by atoms with E-state index >= 15 is 0 Å². The van der Waals surface area contributed by atoms with Gasteiger partial charge in [0.05, 0.1) is 11.3 Å². The highest BCUT2D eigenvalue weighted by Crippen LogP contribution is 2.26. The molecule has 1 N–H and O–H groups in total. The van der Waals surface area contributed by atoms with Crippen molar-refractivity contribution in [3.63, 3.8) is 0 Å². The molecule has 0 heterocycles. The first kappa shape index (κ1) is 15.9. The van der Waals surface area contributed by atoms with Gasteiger partial charge in [0, 0.05) is 3.57 Å². The van der Waals surface area contributed by atoms with Crippen LogP contribution < -0.4 is 5.43 Å². The Morgan fingerprint density at radius 2 is 2.14 bits per heavy atom. The summed E-state index contributed by atoms with van der Waals surface area (Å²) < 4.78 is 0.920. The molecule has 110 valence electrons. The van der Waals surface area contributed by atoms with Gasteiger partial charge >= 0.3 is 0 Å². The number of rotatable bonds is 3. The Bertz CT molecular complexity index is 631. The van der Waals surface area contributed by atoms with Crippen LogP contribution >= 0.6 is 22.6 Å². The van der Waals surface area contributed by atoms with E-state index < -0.39 is 0 Å². The fraction of sp³-hybridized carbons (Fsp3) is 0.294. The van der Waals surface area contributed by atoms with Crippen molar-refractivity contribution in [2.24, 2.45) is 11.0 Å². The molecule has 0 aliphatic heterocycles. The summed E-state index contributed by atoms with van der Waals surface area (Å²) >= 11 is 2.15. The van der Waals surface area contributed by atoms with E-state index in [-0.39, 0.29) is 5.91 Å². The largest absolute Gasteiger partial charge is 0.272 e. The van der Waals surface area contributed by atoms with E-state index in [2.05, 4.69) is 45.8 Å². The van der Waals surface area contributed by atoms with Gasteiger partial charge in [0.25, 0.3) is 5.91 Å². The Morgan fingerprint density at radius 1 is 1.43 bits per heavy atom. The van der Waals surface area contributed by atoms with Crippen LogP contribution in [0.1, 0.15) is 37.0 Å². The summed E-state index contributed by atoms with van der Waals surface area (Å²) in [4.78, 5) is 12.2. The molecule has 1 aromatic carbocycles. The summed E-state index contributed by atoms with van der Waals surface area (Å²) in [7, 11) is 0. The van der Waals surface area contributed by atoms with E-state index in [9.17, 15) is 4.79 Å². The molecule has 4 heteroatoms. The molecule has 0 saturated carbocycles. The zero-order valence-electron chi connectivity index (χ0n) is 12.3. The average Bonchev–Trinajstić information content (AvgIpc) is 2.46. The molecule has 1 aliphatic carbocycles. The first-order chi connectivity index (χ1) is 9.99. The van der Waals surface area contributed by atoms with Crippen molar-refractivity contribution < 1.29 is 4.79 Å². The van der Waals surface area contributed by atoms with E-state index in [0.717, 1.165) is 33.3 Å². The van der Waals surface area contributed by atoms with Crippen LogP contribution in [0.4, 0.5) is 0 Å². The summed E-state index contributed by atoms with van der Waals surface area (Å²) in [6, 6.07) is 7.48. The standard InChI is InChI=1S/C17H19IN2O/c1-11(2)13-9-8-12(3)16(10-13)19-20-17(21)14-6-4-5-7-15(14)18/h4-8,13H,1,9-10H2,2-3H3,(H,20,21)/b19-16-. The molecule has 1 aromatic rings. The van der Waals surface area contributed by atoms with Gasteiger partial charge in [-0.15, -0.1) is 0 Å². The molecule has 1 unspecified atom stereocenters. The maximum atomic E-state index is 12.2. The van der Waals surface area contributed by atoms with Crippen LogP contribution in [-0.4, -0.2) is 11.6 Å². The van der Waals surface area contributed by atoms with Crippen molar-refractivity contribution in [3.05, 3.63) is 57.2 Å². The van der Waals surface area contributed by atoms with Crippen LogP contribution in [0.25, 0.3) is 0 Å². The fourth-order valence-corrected chi connectivity index (χ4v) is 2.88. The lowest BCUT2D eigenvalue weighted by Crippen LogP contribution is -2.23. The third-order valence-electron chi connectivity index (χ3n) is 3.71. The third-order valence-corrected chi connectivity index (χ3v) is 4.65. The molecule has 2 rings (SSSR count). The number of nitrogens with zero attached hydrogens (tertiary/aromatic N) is 1. The molecular weight excluding hydrogens is 375 g/mol. The van der Waals surface area contributed by atoms with Gasteiger partial charge < -0.3 is 0 Å². The van der Waals surface area contributed by atoms with Crippen molar-refractivity contribution in [2.45, 2.75) is 26.7 Å². The molecule has 0 radical (unpaired) electrons. The maximum absolute atomic E-state index is 12.2. The Labute approximate surface area is 139 Å². The summed E-state index contributed by atoms with van der Waals surface area (Å²) in [6.45, 7) is 8.10. The number of carbonyl (C=O) groups excluding carboxylic acids is 1. The second-order valence-corrected chi connectivity index (χ2v) is 6.51. The summed E-state index contributed by atoms with van der Waals surface area (Å²) in [5.74, 6) is 0.249. The van der Waals surface area contributed by atoms with Gasteiger partial charge in [0.1, 0.15) is 0 Å². The smallest absolute Gasteiger partial charge is 0.267 e. The minimum absolute atomic E-state index is 0.169. The molecule has 1 amide bonds. The fourth-order valence-electron chi connectivity index (χ4n) is 2.25. The minimum atomic E-state index is -0.169. The van der Waals surface area contributed by atoms with Gasteiger partial charge in [-0.2, -0.15) is 5.10 Å². The molecule has 21 heavy (non-hydrogen) atoms. The number of carbonyl (C=O) groups is 1. The number of hydrazone groups is 1. The van der Waals surface area contributed by atoms with Crippen LogP contribution in [-0.2, 0) is 0 Å². The van der Waals surface area contributed by atoms with Crippen LogP contribution in [0.15, 0.2) is 53.2 Å². The zero-order chi connectivity index (χ0) is 15.4. The number of hydrogen-bond donors (Lipinski definition) is 1. The lowest BCUT2D eigenvalue weighted by atomic mass is 9.85. The van der Waals surface area contributed by atoms with Crippen molar-refractivity contribution >= 4 is 34.2 Å². The predicted octanol–water partition coefficient (Wildman–Crippen LogP) is 4.31. The topological polar surface area (TPSA) is 41.5 Å². The lowest BCUT2D eigenvalue weighted by molar-refractivity contribution is 0.0954. The highest BCUT2D eigenvalue weighted by atomic mass is 127. The van der Waals surface area contributed by atoms with Crippen LogP contribution in [0.5, 0.6) is 0 Å². The van der Waals surface area contributed by atoms with Gasteiger partial charge in [-0.25, -0.2) is 5.43 Å². The van der Waals surface area contributed by atoms with Crippen molar-refractivity contribution in [1.82, 2.24) is 5.43 Å². The SMILES string of the molecule is C=C(C)C1CC=C(C)/C(=N\NC(=O)c2ccccc2I)C1.